The van der Waals surface area contributed by atoms with Crippen molar-refractivity contribution in [1.29, 1.82) is 0 Å². The van der Waals surface area contributed by atoms with Crippen molar-refractivity contribution < 1.29 is 9.90 Å². The molecule has 264 valence electrons. The van der Waals surface area contributed by atoms with Gasteiger partial charge in [-0.05, 0) is 152 Å². The Morgan fingerprint density at radius 1 is 0.917 bits per heavy atom. The number of nitrogens with zero attached hydrogens (tertiary/aromatic N) is 2. The van der Waals surface area contributed by atoms with Crippen LogP contribution in [0.4, 0.5) is 0 Å². The van der Waals surface area contributed by atoms with Crippen LogP contribution in [0.25, 0.3) is 5.57 Å². The maximum Gasteiger partial charge on any atom is 0.335 e. The lowest BCUT2D eigenvalue weighted by molar-refractivity contribution is -0.222. The number of aromatic carboxylic acids is 1. The van der Waals surface area contributed by atoms with Crippen LogP contribution in [0.15, 0.2) is 42.7 Å². The molecule has 0 spiro atoms. The Labute approximate surface area is 291 Å². The molecule has 4 saturated carbocycles. The monoisotopic (exact) mass is 656 g/mol. The van der Waals surface area contributed by atoms with Gasteiger partial charge in [-0.25, -0.2) is 9.78 Å². The van der Waals surface area contributed by atoms with Crippen LogP contribution in [0.2, 0.25) is 0 Å². The summed E-state index contributed by atoms with van der Waals surface area (Å²) in [7, 11) is 0. The predicted molar refractivity (Wildman–Crippen MR) is 198 cm³/mol. The third kappa shape index (κ3) is 5.44. The second kappa shape index (κ2) is 13.1. The minimum absolute atomic E-state index is 0.0617. The number of allylic oxidation sites excluding steroid dienone is 2. The molecular formula is C43H65N3O2. The van der Waals surface area contributed by atoms with E-state index in [1.165, 1.54) is 81.9 Å². The van der Waals surface area contributed by atoms with E-state index in [2.05, 4.69) is 68.7 Å². The van der Waals surface area contributed by atoms with Gasteiger partial charge in [0.15, 0.2) is 0 Å². The van der Waals surface area contributed by atoms with Gasteiger partial charge in [-0.3, -0.25) is 0 Å². The molecule has 7 unspecified atom stereocenters. The van der Waals surface area contributed by atoms with Crippen LogP contribution < -0.4 is 5.32 Å². The van der Waals surface area contributed by atoms with Crippen molar-refractivity contribution in [3.05, 3.63) is 59.7 Å². The Hall–Kier alpha value is -2.40. The van der Waals surface area contributed by atoms with Crippen molar-refractivity contribution in [3.8, 4) is 0 Å². The first-order valence-corrected chi connectivity index (χ1v) is 19.6. The zero-order valence-electron chi connectivity index (χ0n) is 31.5. The van der Waals surface area contributed by atoms with Gasteiger partial charge in [0, 0.05) is 25.5 Å². The SMILES string of the molecule is CC.Cc1nccn1CCCNCC12CCCC1C1CCC3C4(C)CC=C(c5ccc(C(=O)O)cc5)C(C)(C)C4CCC3(C)[C@]1(C)CC2. The first-order chi connectivity index (χ1) is 22.9. The standard InChI is InChI=1S/C41H59N3O2.C2H6/c1-28-43-24-26-44(28)25-8-23-42-27-41-18-7-9-33(41)32-14-15-35-38(4)19-16-31(29-10-12-30(13-11-29)36(45)46)37(2,3)34(38)17-20-40(35,6)39(32,5)21-22-41;1-2/h10-13,16,24,26,32-35,42H,7-9,14-15,17-23,25,27H2,1-6H3,(H,45,46);1-2H3/t32?,33?,34?,35?,38?,39-,40?,41?;/m1./s1. The highest BCUT2D eigenvalue weighted by molar-refractivity contribution is 5.88. The number of benzene rings is 1. The minimum atomic E-state index is -0.850. The second-order valence-corrected chi connectivity index (χ2v) is 17.7. The summed E-state index contributed by atoms with van der Waals surface area (Å²) in [4.78, 5) is 15.9. The number of carboxylic acid groups (broad SMARTS) is 1. The number of aromatic nitrogens is 2. The van der Waals surface area contributed by atoms with Gasteiger partial charge in [-0.2, -0.15) is 0 Å². The van der Waals surface area contributed by atoms with Gasteiger partial charge in [0.1, 0.15) is 5.82 Å². The topological polar surface area (TPSA) is 67.2 Å². The number of rotatable bonds is 8. The number of aryl methyl sites for hydroxylation is 2. The highest BCUT2D eigenvalue weighted by Gasteiger charge is 2.69. The Balaban J connectivity index is 0.00000197. The summed E-state index contributed by atoms with van der Waals surface area (Å²) < 4.78 is 2.28. The Morgan fingerprint density at radius 2 is 1.67 bits per heavy atom. The molecule has 1 aromatic carbocycles. The van der Waals surface area contributed by atoms with Gasteiger partial charge in [0.2, 0.25) is 0 Å². The summed E-state index contributed by atoms with van der Waals surface area (Å²) in [5.41, 5.74) is 4.67. The molecule has 0 bridgehead atoms. The summed E-state index contributed by atoms with van der Waals surface area (Å²) in [5.74, 6) is 3.40. The molecule has 5 aliphatic rings. The summed E-state index contributed by atoms with van der Waals surface area (Å²) in [5, 5.41) is 13.4. The third-order valence-corrected chi connectivity index (χ3v) is 15.7. The van der Waals surface area contributed by atoms with E-state index in [1.54, 1.807) is 12.1 Å². The molecule has 5 heteroatoms. The second-order valence-electron chi connectivity index (χ2n) is 17.7. The molecule has 2 N–H and O–H groups in total. The molecule has 5 aliphatic carbocycles. The van der Waals surface area contributed by atoms with Crippen LogP contribution in [-0.2, 0) is 6.54 Å². The summed E-state index contributed by atoms with van der Waals surface area (Å²) >= 11 is 0. The van der Waals surface area contributed by atoms with Crippen LogP contribution in [0.5, 0.6) is 0 Å². The molecule has 0 radical (unpaired) electrons. The number of fused-ring (bicyclic) bond motifs is 7. The van der Waals surface area contributed by atoms with Crippen LogP contribution in [0.1, 0.15) is 141 Å². The van der Waals surface area contributed by atoms with Crippen molar-refractivity contribution in [1.82, 2.24) is 14.9 Å². The summed E-state index contributed by atoms with van der Waals surface area (Å²) in [6, 6.07) is 7.66. The van der Waals surface area contributed by atoms with Crippen molar-refractivity contribution in [2.75, 3.05) is 13.1 Å². The lowest BCUT2D eigenvalue weighted by Gasteiger charge is -2.72. The number of carboxylic acids is 1. The van der Waals surface area contributed by atoms with Crippen molar-refractivity contribution in [3.63, 3.8) is 0 Å². The van der Waals surface area contributed by atoms with E-state index in [-0.39, 0.29) is 5.41 Å². The largest absolute Gasteiger partial charge is 0.478 e. The molecule has 4 fully saturated rings. The molecule has 48 heavy (non-hydrogen) atoms. The smallest absolute Gasteiger partial charge is 0.335 e. The maximum atomic E-state index is 11.5. The lowest BCUT2D eigenvalue weighted by Crippen LogP contribution is -2.65. The average Bonchev–Trinajstić information content (AvgIpc) is 3.68. The van der Waals surface area contributed by atoms with Crippen LogP contribution >= 0.6 is 0 Å². The number of carbonyl (C=O) groups is 1. The molecule has 2 aromatic rings. The minimum Gasteiger partial charge on any atom is -0.478 e. The van der Waals surface area contributed by atoms with E-state index >= 15 is 0 Å². The van der Waals surface area contributed by atoms with Crippen LogP contribution in [-0.4, -0.2) is 33.7 Å². The quantitative estimate of drug-likeness (QED) is 0.278. The van der Waals surface area contributed by atoms with Gasteiger partial charge in [-0.15, -0.1) is 0 Å². The fourth-order valence-electron chi connectivity index (χ4n) is 13.3. The zero-order chi connectivity index (χ0) is 34.5. The van der Waals surface area contributed by atoms with Gasteiger partial charge < -0.3 is 15.0 Å². The van der Waals surface area contributed by atoms with Gasteiger partial charge in [0.25, 0.3) is 0 Å². The number of hydrogen-bond donors (Lipinski definition) is 2. The normalized spacial score (nSPS) is 38.0. The summed E-state index contributed by atoms with van der Waals surface area (Å²) in [6.07, 6.45) is 21.5. The fourth-order valence-corrected chi connectivity index (χ4v) is 13.3. The first-order valence-electron chi connectivity index (χ1n) is 19.6. The first kappa shape index (κ1) is 35.4. The number of hydrogen-bond acceptors (Lipinski definition) is 3. The number of imidazole rings is 1. The van der Waals surface area contributed by atoms with Crippen molar-refractivity contribution in [2.45, 2.75) is 133 Å². The van der Waals surface area contributed by atoms with Crippen molar-refractivity contribution in [2.24, 2.45) is 50.7 Å². The molecule has 5 nitrogen and oxygen atoms in total. The van der Waals surface area contributed by atoms with E-state index in [0.717, 1.165) is 43.1 Å². The highest BCUT2D eigenvalue weighted by atomic mass is 16.4. The maximum absolute atomic E-state index is 11.5. The lowest BCUT2D eigenvalue weighted by atomic mass is 9.32. The molecule has 0 amide bonds. The fraction of sp³-hybridized carbons (Fsp3) is 0.721. The molecule has 8 atom stereocenters. The Bertz CT molecular complexity index is 1490. The van der Waals surface area contributed by atoms with E-state index in [4.69, 9.17) is 0 Å². The molecule has 0 aliphatic heterocycles. The Morgan fingerprint density at radius 3 is 2.35 bits per heavy atom. The molecule has 1 heterocycles. The predicted octanol–water partition coefficient (Wildman–Crippen LogP) is 10.4. The van der Waals surface area contributed by atoms with Crippen molar-refractivity contribution >= 4 is 11.5 Å². The average molecular weight is 656 g/mol. The molecule has 7 rings (SSSR count). The molecule has 1 aromatic heterocycles. The Kier molecular flexibility index (Phi) is 9.63. The van der Waals surface area contributed by atoms with Crippen LogP contribution in [0.3, 0.4) is 0 Å². The summed E-state index contributed by atoms with van der Waals surface area (Å²) in [6.45, 7) is 22.6. The van der Waals surface area contributed by atoms with Gasteiger partial charge in [-0.1, -0.05) is 73.1 Å². The van der Waals surface area contributed by atoms with Gasteiger partial charge >= 0.3 is 5.97 Å². The van der Waals surface area contributed by atoms with E-state index in [1.807, 2.05) is 32.2 Å². The molecular weight excluding hydrogens is 590 g/mol. The molecule has 0 saturated heterocycles. The van der Waals surface area contributed by atoms with E-state index in [0.29, 0.717) is 33.1 Å². The van der Waals surface area contributed by atoms with Crippen LogP contribution in [0, 0.1) is 57.7 Å². The van der Waals surface area contributed by atoms with E-state index < -0.39 is 5.97 Å². The highest BCUT2D eigenvalue weighted by Crippen LogP contribution is 2.77. The zero-order valence-corrected chi connectivity index (χ0v) is 31.5. The third-order valence-electron chi connectivity index (χ3n) is 15.7. The number of nitrogens with one attached hydrogen (secondary N) is 1. The van der Waals surface area contributed by atoms with E-state index in [9.17, 15) is 9.90 Å². The van der Waals surface area contributed by atoms with Gasteiger partial charge in [0.05, 0.1) is 5.56 Å².